The fraction of sp³-hybridized carbons (Fsp3) is 0.308. The molecule has 5 N–H and O–H groups in total. The van der Waals surface area contributed by atoms with Gasteiger partial charge < -0.3 is 16.8 Å². The maximum Gasteiger partial charge on any atom is 0.263 e. The highest BCUT2D eigenvalue weighted by atomic mass is 32.1. The summed E-state index contributed by atoms with van der Waals surface area (Å²) in [6.45, 7) is 3.64. The SMILES string of the molecule is Cc1ccnc2sc(C(=O)NC(C)CC(N)=O)c(N)c12. The molecule has 0 aliphatic heterocycles. The van der Waals surface area contributed by atoms with Crippen molar-refractivity contribution in [3.05, 3.63) is 22.7 Å². The molecule has 0 aliphatic rings. The van der Waals surface area contributed by atoms with Gasteiger partial charge in [-0.3, -0.25) is 9.59 Å². The highest BCUT2D eigenvalue weighted by Gasteiger charge is 2.20. The van der Waals surface area contributed by atoms with Crippen LogP contribution in [-0.4, -0.2) is 22.8 Å². The number of anilines is 1. The van der Waals surface area contributed by atoms with E-state index in [-0.39, 0.29) is 18.4 Å². The van der Waals surface area contributed by atoms with E-state index in [1.54, 1.807) is 13.1 Å². The molecule has 106 valence electrons. The van der Waals surface area contributed by atoms with Gasteiger partial charge in [0.15, 0.2) is 0 Å². The predicted molar refractivity (Wildman–Crippen MR) is 79.5 cm³/mol. The Bertz CT molecular complexity index is 680. The van der Waals surface area contributed by atoms with E-state index in [1.807, 2.05) is 13.0 Å². The highest BCUT2D eigenvalue weighted by molar-refractivity contribution is 7.21. The molecule has 2 aromatic heterocycles. The van der Waals surface area contributed by atoms with E-state index in [0.29, 0.717) is 10.6 Å². The zero-order valence-corrected chi connectivity index (χ0v) is 12.1. The largest absolute Gasteiger partial charge is 0.397 e. The quantitative estimate of drug-likeness (QED) is 0.785. The Morgan fingerprint density at radius 3 is 2.80 bits per heavy atom. The minimum absolute atomic E-state index is 0.0911. The van der Waals surface area contributed by atoms with Gasteiger partial charge in [0, 0.05) is 24.0 Å². The van der Waals surface area contributed by atoms with Crippen molar-refractivity contribution >= 4 is 39.1 Å². The van der Waals surface area contributed by atoms with Gasteiger partial charge in [0.2, 0.25) is 5.91 Å². The third-order valence-electron chi connectivity index (χ3n) is 2.93. The fourth-order valence-corrected chi connectivity index (χ4v) is 3.06. The first-order chi connectivity index (χ1) is 9.40. The second-order valence-corrected chi connectivity index (χ2v) is 5.70. The number of nitrogens with zero attached hydrogens (tertiary/aromatic N) is 1. The van der Waals surface area contributed by atoms with Crippen LogP contribution in [0.25, 0.3) is 10.2 Å². The number of hydrogen-bond acceptors (Lipinski definition) is 5. The van der Waals surface area contributed by atoms with Crippen LogP contribution in [0, 0.1) is 6.92 Å². The molecule has 1 atom stereocenters. The molecular weight excluding hydrogens is 276 g/mol. The van der Waals surface area contributed by atoms with Crippen molar-refractivity contribution in [2.75, 3.05) is 5.73 Å². The van der Waals surface area contributed by atoms with E-state index in [9.17, 15) is 9.59 Å². The van der Waals surface area contributed by atoms with Crippen molar-refractivity contribution in [2.45, 2.75) is 26.3 Å². The van der Waals surface area contributed by atoms with Gasteiger partial charge in [-0.15, -0.1) is 11.3 Å². The first kappa shape index (κ1) is 14.3. The minimum Gasteiger partial charge on any atom is -0.397 e. The normalized spacial score (nSPS) is 12.3. The number of carbonyl (C=O) groups is 2. The lowest BCUT2D eigenvalue weighted by Crippen LogP contribution is -2.35. The Morgan fingerprint density at radius 1 is 1.50 bits per heavy atom. The summed E-state index contributed by atoms with van der Waals surface area (Å²) in [6.07, 6.45) is 1.78. The average molecular weight is 292 g/mol. The highest BCUT2D eigenvalue weighted by Crippen LogP contribution is 2.34. The van der Waals surface area contributed by atoms with Crippen LogP contribution < -0.4 is 16.8 Å². The number of carbonyl (C=O) groups excluding carboxylic acids is 2. The van der Waals surface area contributed by atoms with E-state index in [0.717, 1.165) is 15.8 Å². The number of fused-ring (bicyclic) bond motifs is 1. The third-order valence-corrected chi connectivity index (χ3v) is 4.04. The first-order valence-corrected chi connectivity index (χ1v) is 6.94. The standard InChI is InChI=1S/C13H16N4O2S/c1-6-3-4-16-13-9(6)10(15)11(20-13)12(19)17-7(2)5-8(14)18/h3-4,7H,5,15H2,1-2H3,(H2,14,18)(H,17,19). The number of primary amides is 1. The van der Waals surface area contributed by atoms with E-state index < -0.39 is 5.91 Å². The number of aryl methyl sites for hydroxylation is 1. The number of rotatable bonds is 4. The Morgan fingerprint density at radius 2 is 2.20 bits per heavy atom. The number of nitrogens with one attached hydrogen (secondary N) is 1. The zero-order valence-electron chi connectivity index (χ0n) is 11.3. The molecule has 7 heteroatoms. The number of thiophene rings is 1. The number of aromatic nitrogens is 1. The average Bonchev–Trinajstić information content (AvgIpc) is 2.67. The van der Waals surface area contributed by atoms with Gasteiger partial charge in [-0.1, -0.05) is 0 Å². The van der Waals surface area contributed by atoms with Crippen LogP contribution in [0.15, 0.2) is 12.3 Å². The molecule has 2 heterocycles. The van der Waals surface area contributed by atoms with Gasteiger partial charge in [0.1, 0.15) is 9.71 Å². The van der Waals surface area contributed by atoms with Crippen LogP contribution in [0.5, 0.6) is 0 Å². The third kappa shape index (κ3) is 2.72. The molecule has 0 aromatic carbocycles. The van der Waals surface area contributed by atoms with Crippen LogP contribution in [-0.2, 0) is 4.79 Å². The van der Waals surface area contributed by atoms with Crippen LogP contribution in [0.4, 0.5) is 5.69 Å². The first-order valence-electron chi connectivity index (χ1n) is 6.13. The Hall–Kier alpha value is -2.15. The van der Waals surface area contributed by atoms with Crippen LogP contribution in [0.1, 0.15) is 28.6 Å². The van der Waals surface area contributed by atoms with Crippen LogP contribution >= 0.6 is 11.3 Å². The van der Waals surface area contributed by atoms with Crippen molar-refractivity contribution in [3.63, 3.8) is 0 Å². The van der Waals surface area contributed by atoms with Crippen LogP contribution in [0.3, 0.4) is 0 Å². The van der Waals surface area contributed by atoms with Gasteiger partial charge in [-0.05, 0) is 25.5 Å². The lowest BCUT2D eigenvalue weighted by Gasteiger charge is -2.11. The molecule has 0 aliphatic carbocycles. The van der Waals surface area contributed by atoms with Crippen molar-refractivity contribution < 1.29 is 9.59 Å². The summed E-state index contributed by atoms with van der Waals surface area (Å²) < 4.78 is 0. The number of amides is 2. The van der Waals surface area contributed by atoms with Crippen molar-refractivity contribution in [2.24, 2.45) is 5.73 Å². The molecule has 6 nitrogen and oxygen atoms in total. The predicted octanol–water partition coefficient (Wildman–Crippen LogP) is 1.18. The number of nitrogens with two attached hydrogens (primary N) is 2. The van der Waals surface area contributed by atoms with Crippen LogP contribution in [0.2, 0.25) is 0 Å². The van der Waals surface area contributed by atoms with Gasteiger partial charge in [0.25, 0.3) is 5.91 Å². The fourth-order valence-electron chi connectivity index (χ4n) is 2.01. The summed E-state index contributed by atoms with van der Waals surface area (Å²) in [5.41, 5.74) is 12.5. The summed E-state index contributed by atoms with van der Waals surface area (Å²) in [5, 5.41) is 3.52. The molecule has 2 rings (SSSR count). The van der Waals surface area contributed by atoms with Gasteiger partial charge >= 0.3 is 0 Å². The zero-order chi connectivity index (χ0) is 14.9. The van der Waals surface area contributed by atoms with Gasteiger partial charge in [-0.2, -0.15) is 0 Å². The molecule has 0 radical (unpaired) electrons. The van der Waals surface area contributed by atoms with E-state index in [2.05, 4.69) is 10.3 Å². The van der Waals surface area contributed by atoms with Crippen molar-refractivity contribution in [1.82, 2.24) is 10.3 Å². The van der Waals surface area contributed by atoms with Crippen molar-refractivity contribution in [3.8, 4) is 0 Å². The smallest absolute Gasteiger partial charge is 0.263 e. The minimum atomic E-state index is -0.459. The second-order valence-electron chi connectivity index (χ2n) is 4.70. The van der Waals surface area contributed by atoms with Gasteiger partial charge in [-0.25, -0.2) is 4.98 Å². The lowest BCUT2D eigenvalue weighted by molar-refractivity contribution is -0.118. The lowest BCUT2D eigenvalue weighted by atomic mass is 10.1. The summed E-state index contributed by atoms with van der Waals surface area (Å²) in [4.78, 5) is 28.4. The summed E-state index contributed by atoms with van der Waals surface area (Å²) in [7, 11) is 0. The molecule has 2 amide bonds. The van der Waals surface area contributed by atoms with Gasteiger partial charge in [0.05, 0.1) is 5.69 Å². The van der Waals surface area contributed by atoms with Crippen molar-refractivity contribution in [1.29, 1.82) is 0 Å². The summed E-state index contributed by atoms with van der Waals surface area (Å²) >= 11 is 1.24. The molecule has 0 saturated heterocycles. The molecule has 0 bridgehead atoms. The molecule has 0 fully saturated rings. The molecule has 0 saturated carbocycles. The monoisotopic (exact) mass is 292 g/mol. The maximum atomic E-state index is 12.2. The Labute approximate surface area is 120 Å². The van der Waals surface area contributed by atoms with E-state index in [4.69, 9.17) is 11.5 Å². The number of hydrogen-bond donors (Lipinski definition) is 3. The Kier molecular flexibility index (Phi) is 3.89. The molecule has 2 aromatic rings. The maximum absolute atomic E-state index is 12.2. The van der Waals surface area contributed by atoms with E-state index >= 15 is 0 Å². The molecule has 0 spiro atoms. The summed E-state index contributed by atoms with van der Waals surface area (Å²) in [5.74, 6) is -0.765. The molecule has 1 unspecified atom stereocenters. The topological polar surface area (TPSA) is 111 Å². The number of pyridine rings is 1. The molecular formula is C13H16N4O2S. The van der Waals surface area contributed by atoms with E-state index in [1.165, 1.54) is 11.3 Å². The second kappa shape index (κ2) is 5.46. The number of nitrogen functional groups attached to an aromatic ring is 1. The summed E-state index contributed by atoms with van der Waals surface area (Å²) in [6, 6.07) is 1.52. The molecule has 20 heavy (non-hydrogen) atoms. The Balaban J connectivity index is 2.29.